The summed E-state index contributed by atoms with van der Waals surface area (Å²) in [6.45, 7) is 2.49. The van der Waals surface area contributed by atoms with Crippen molar-refractivity contribution >= 4 is 5.91 Å². The van der Waals surface area contributed by atoms with Crippen molar-refractivity contribution < 1.29 is 4.79 Å². The summed E-state index contributed by atoms with van der Waals surface area (Å²) in [6, 6.07) is 1.79. The standard InChI is InChI=1S/C8H16N4O/c1-3-7(8(13)11-10)12(2)6-4-5-9/h7H,3-4,6,10H2,1-2H3,(H,11,13). The van der Waals surface area contributed by atoms with E-state index in [0.717, 1.165) is 0 Å². The van der Waals surface area contributed by atoms with Gasteiger partial charge in [-0.1, -0.05) is 6.92 Å². The topological polar surface area (TPSA) is 82.2 Å². The zero-order chi connectivity index (χ0) is 10.3. The summed E-state index contributed by atoms with van der Waals surface area (Å²) in [6.07, 6.45) is 1.11. The van der Waals surface area contributed by atoms with Gasteiger partial charge in [-0.15, -0.1) is 0 Å². The van der Waals surface area contributed by atoms with Crippen LogP contribution in [0.15, 0.2) is 0 Å². The van der Waals surface area contributed by atoms with Crippen LogP contribution in [-0.2, 0) is 4.79 Å². The number of nitrogens with two attached hydrogens (primary N) is 1. The number of nitrogens with one attached hydrogen (secondary N) is 1. The van der Waals surface area contributed by atoms with Crippen molar-refractivity contribution in [1.82, 2.24) is 10.3 Å². The molecule has 13 heavy (non-hydrogen) atoms. The van der Waals surface area contributed by atoms with E-state index in [1.54, 1.807) is 7.05 Å². The molecule has 0 aliphatic rings. The smallest absolute Gasteiger partial charge is 0.251 e. The number of amides is 1. The first-order chi connectivity index (χ1) is 6.17. The Morgan fingerprint density at radius 1 is 1.77 bits per heavy atom. The molecule has 0 aromatic heterocycles. The van der Waals surface area contributed by atoms with Crippen molar-refractivity contribution in [2.24, 2.45) is 5.84 Å². The molecule has 1 amide bonds. The number of hydrogen-bond acceptors (Lipinski definition) is 4. The normalized spacial score (nSPS) is 12.2. The number of likely N-dealkylation sites (N-methyl/N-ethyl adjacent to an activating group) is 1. The molecule has 0 spiro atoms. The Morgan fingerprint density at radius 2 is 2.38 bits per heavy atom. The van der Waals surface area contributed by atoms with E-state index in [2.05, 4.69) is 5.43 Å². The molecule has 0 fully saturated rings. The van der Waals surface area contributed by atoms with Gasteiger partial charge in [0.05, 0.1) is 12.1 Å². The van der Waals surface area contributed by atoms with Crippen LogP contribution >= 0.6 is 0 Å². The Hall–Kier alpha value is -1.12. The highest BCUT2D eigenvalue weighted by molar-refractivity contribution is 5.80. The third-order valence-corrected chi connectivity index (χ3v) is 1.94. The minimum Gasteiger partial charge on any atom is -0.294 e. The Kier molecular flexibility index (Phi) is 5.85. The molecule has 0 aromatic rings. The summed E-state index contributed by atoms with van der Waals surface area (Å²) in [7, 11) is 1.81. The van der Waals surface area contributed by atoms with Crippen LogP contribution in [0, 0.1) is 11.3 Å². The molecule has 74 valence electrons. The monoisotopic (exact) mass is 184 g/mol. The van der Waals surface area contributed by atoms with Gasteiger partial charge < -0.3 is 0 Å². The van der Waals surface area contributed by atoms with Crippen molar-refractivity contribution in [3.8, 4) is 6.07 Å². The third-order valence-electron chi connectivity index (χ3n) is 1.94. The molecule has 0 aliphatic heterocycles. The molecule has 0 aromatic carbocycles. The van der Waals surface area contributed by atoms with E-state index in [0.29, 0.717) is 19.4 Å². The summed E-state index contributed by atoms with van der Waals surface area (Å²) in [4.78, 5) is 13.0. The van der Waals surface area contributed by atoms with Crippen LogP contribution in [0.4, 0.5) is 0 Å². The molecule has 1 atom stereocenters. The molecular weight excluding hydrogens is 168 g/mol. The van der Waals surface area contributed by atoms with Crippen LogP contribution < -0.4 is 11.3 Å². The van der Waals surface area contributed by atoms with Crippen molar-refractivity contribution in [1.29, 1.82) is 5.26 Å². The average molecular weight is 184 g/mol. The first kappa shape index (κ1) is 11.9. The van der Waals surface area contributed by atoms with Crippen LogP contribution in [0.1, 0.15) is 19.8 Å². The maximum Gasteiger partial charge on any atom is 0.251 e. The van der Waals surface area contributed by atoms with Crippen LogP contribution in [-0.4, -0.2) is 30.4 Å². The SMILES string of the molecule is CCC(C(=O)NN)N(C)CCC#N. The van der Waals surface area contributed by atoms with Gasteiger partial charge in [0, 0.05) is 13.0 Å². The fourth-order valence-electron chi connectivity index (χ4n) is 1.18. The van der Waals surface area contributed by atoms with Gasteiger partial charge in [0.15, 0.2) is 0 Å². The Bertz CT molecular complexity index is 199. The fourth-order valence-corrected chi connectivity index (χ4v) is 1.18. The molecule has 0 aliphatic carbocycles. The molecule has 0 heterocycles. The average Bonchev–Trinajstić information content (AvgIpc) is 2.15. The van der Waals surface area contributed by atoms with Gasteiger partial charge in [-0.25, -0.2) is 5.84 Å². The van der Waals surface area contributed by atoms with Crippen LogP contribution in [0.5, 0.6) is 0 Å². The highest BCUT2D eigenvalue weighted by atomic mass is 16.2. The van der Waals surface area contributed by atoms with E-state index in [1.807, 2.05) is 17.9 Å². The Labute approximate surface area is 78.5 Å². The predicted molar refractivity (Wildman–Crippen MR) is 49.3 cm³/mol. The zero-order valence-corrected chi connectivity index (χ0v) is 8.08. The van der Waals surface area contributed by atoms with E-state index in [4.69, 9.17) is 11.1 Å². The lowest BCUT2D eigenvalue weighted by molar-refractivity contribution is -0.126. The van der Waals surface area contributed by atoms with Crippen molar-refractivity contribution in [2.45, 2.75) is 25.8 Å². The molecule has 0 bridgehead atoms. The van der Waals surface area contributed by atoms with Gasteiger partial charge in [0.25, 0.3) is 5.91 Å². The van der Waals surface area contributed by atoms with Gasteiger partial charge in [0.2, 0.25) is 0 Å². The van der Waals surface area contributed by atoms with E-state index < -0.39 is 0 Å². The number of nitrogens with zero attached hydrogens (tertiary/aromatic N) is 2. The van der Waals surface area contributed by atoms with E-state index in [9.17, 15) is 4.79 Å². The second-order valence-electron chi connectivity index (χ2n) is 2.82. The molecule has 5 nitrogen and oxygen atoms in total. The van der Waals surface area contributed by atoms with Crippen molar-refractivity contribution in [2.75, 3.05) is 13.6 Å². The number of rotatable bonds is 5. The second kappa shape index (κ2) is 6.40. The lowest BCUT2D eigenvalue weighted by Gasteiger charge is -2.24. The molecule has 5 heteroatoms. The lowest BCUT2D eigenvalue weighted by Crippen LogP contribution is -2.47. The van der Waals surface area contributed by atoms with Gasteiger partial charge in [-0.2, -0.15) is 5.26 Å². The Balaban J connectivity index is 4.07. The number of hydrogen-bond donors (Lipinski definition) is 2. The summed E-state index contributed by atoms with van der Waals surface area (Å²) >= 11 is 0. The first-order valence-corrected chi connectivity index (χ1v) is 4.25. The predicted octanol–water partition coefficient (Wildman–Crippen LogP) is -0.400. The van der Waals surface area contributed by atoms with E-state index >= 15 is 0 Å². The van der Waals surface area contributed by atoms with Crippen LogP contribution in [0.2, 0.25) is 0 Å². The van der Waals surface area contributed by atoms with E-state index in [-0.39, 0.29) is 11.9 Å². The number of carbonyl (C=O) groups excluding carboxylic acids is 1. The second-order valence-corrected chi connectivity index (χ2v) is 2.82. The summed E-state index contributed by atoms with van der Waals surface area (Å²) in [5.41, 5.74) is 2.11. The Morgan fingerprint density at radius 3 is 2.77 bits per heavy atom. The summed E-state index contributed by atoms with van der Waals surface area (Å²) in [5, 5.41) is 8.36. The molecular formula is C8H16N4O. The van der Waals surface area contributed by atoms with Crippen LogP contribution in [0.3, 0.4) is 0 Å². The highest BCUT2D eigenvalue weighted by Crippen LogP contribution is 2.01. The summed E-state index contributed by atoms with van der Waals surface area (Å²) < 4.78 is 0. The van der Waals surface area contributed by atoms with E-state index in [1.165, 1.54) is 0 Å². The largest absolute Gasteiger partial charge is 0.294 e. The molecule has 0 radical (unpaired) electrons. The number of carbonyl (C=O) groups is 1. The first-order valence-electron chi connectivity index (χ1n) is 4.25. The van der Waals surface area contributed by atoms with Crippen molar-refractivity contribution in [3.63, 3.8) is 0 Å². The van der Waals surface area contributed by atoms with Crippen molar-refractivity contribution in [3.05, 3.63) is 0 Å². The molecule has 0 saturated carbocycles. The molecule has 1 unspecified atom stereocenters. The number of hydrazine groups is 1. The van der Waals surface area contributed by atoms with Gasteiger partial charge in [-0.3, -0.25) is 15.1 Å². The minimum atomic E-state index is -0.238. The molecule has 0 rings (SSSR count). The molecule has 0 saturated heterocycles. The fraction of sp³-hybridized carbons (Fsp3) is 0.750. The third kappa shape index (κ3) is 3.87. The lowest BCUT2D eigenvalue weighted by atomic mass is 10.2. The zero-order valence-electron chi connectivity index (χ0n) is 8.08. The highest BCUT2D eigenvalue weighted by Gasteiger charge is 2.19. The maximum absolute atomic E-state index is 11.2. The van der Waals surface area contributed by atoms with Crippen LogP contribution in [0.25, 0.3) is 0 Å². The minimum absolute atomic E-state index is 0.206. The quantitative estimate of drug-likeness (QED) is 0.346. The van der Waals surface area contributed by atoms with Gasteiger partial charge >= 0.3 is 0 Å². The van der Waals surface area contributed by atoms with Gasteiger partial charge in [-0.05, 0) is 13.5 Å². The number of nitriles is 1. The summed E-state index contributed by atoms with van der Waals surface area (Å²) in [5.74, 6) is 4.82. The maximum atomic E-state index is 11.2. The van der Waals surface area contributed by atoms with Gasteiger partial charge in [0.1, 0.15) is 0 Å². The molecule has 3 N–H and O–H groups in total.